The number of thiazole rings is 1. The van der Waals surface area contributed by atoms with Crippen LogP contribution in [0.5, 0.6) is 5.75 Å². The number of nitrogens with two attached hydrogens (primary N) is 1. The molecule has 2 aromatic rings. The molecule has 15 nitrogen and oxygen atoms in total. The number of nitrogens with one attached hydrogen (secondary N) is 1. The van der Waals surface area contributed by atoms with Crippen LogP contribution in [0.25, 0.3) is 0 Å². The highest BCUT2D eigenvalue weighted by Crippen LogP contribution is 2.32. The van der Waals surface area contributed by atoms with Crippen molar-refractivity contribution in [2.24, 2.45) is 5.16 Å². The summed E-state index contributed by atoms with van der Waals surface area (Å²) in [4.78, 5) is 46.0. The van der Waals surface area contributed by atoms with E-state index in [1.54, 1.807) is 11.5 Å². The van der Waals surface area contributed by atoms with Gasteiger partial charge in [0.1, 0.15) is 18.3 Å². The summed E-state index contributed by atoms with van der Waals surface area (Å²) >= 11 is 1.04. The molecule has 2 amide bonds. The van der Waals surface area contributed by atoms with E-state index < -0.39 is 45.0 Å². The second-order valence-corrected chi connectivity index (χ2v) is 9.79. The Morgan fingerprint density at radius 2 is 2.09 bits per heavy atom. The zero-order valence-corrected chi connectivity index (χ0v) is 20.3. The fourth-order valence-electron chi connectivity index (χ4n) is 3.17. The number of oxime groups is 1. The van der Waals surface area contributed by atoms with E-state index in [0.29, 0.717) is 10.8 Å². The van der Waals surface area contributed by atoms with Crippen molar-refractivity contribution in [1.29, 1.82) is 0 Å². The summed E-state index contributed by atoms with van der Waals surface area (Å²) in [5.41, 5.74) is 4.11. The topological polar surface area (TPSA) is 216 Å². The van der Waals surface area contributed by atoms with E-state index in [0.717, 1.165) is 11.3 Å². The normalized spacial score (nSPS) is 17.7. The third kappa shape index (κ3) is 5.76. The fraction of sp³-hybridized carbons (Fsp3) is 0.389. The minimum atomic E-state index is -4.95. The third-order valence-electron chi connectivity index (χ3n) is 5.00. The molecule has 35 heavy (non-hydrogen) atoms. The summed E-state index contributed by atoms with van der Waals surface area (Å²) < 4.78 is 36.6. The molecule has 0 aliphatic carbocycles. The average Bonchev–Trinajstić information content (AvgIpc) is 3.18. The maximum atomic E-state index is 12.9. The Morgan fingerprint density at radius 3 is 2.66 bits per heavy atom. The first-order valence-electron chi connectivity index (χ1n) is 9.84. The number of carbonyl (C=O) groups excluding carboxylic acids is 2. The largest absolute Gasteiger partial charge is 0.503 e. The monoisotopic (exact) mass is 530 g/mol. The first kappa shape index (κ1) is 26.1. The highest BCUT2D eigenvalue weighted by Gasteiger charge is 2.58. The fourth-order valence-corrected chi connectivity index (χ4v) is 4.17. The van der Waals surface area contributed by atoms with E-state index in [1.165, 1.54) is 31.5 Å². The van der Waals surface area contributed by atoms with Gasteiger partial charge in [0.2, 0.25) is 5.43 Å². The van der Waals surface area contributed by atoms with Crippen molar-refractivity contribution in [1.82, 2.24) is 19.9 Å². The van der Waals surface area contributed by atoms with Crippen LogP contribution in [0.2, 0.25) is 0 Å². The molecule has 2 aromatic heterocycles. The highest BCUT2D eigenvalue weighted by molar-refractivity contribution is 7.80. The van der Waals surface area contributed by atoms with E-state index in [2.05, 4.69) is 19.7 Å². The number of β-lactam (4-membered cyclic amide) rings is 1. The van der Waals surface area contributed by atoms with Crippen LogP contribution in [-0.2, 0) is 35.7 Å². The molecule has 1 saturated heterocycles. The molecule has 190 valence electrons. The molecule has 0 aromatic carbocycles. The zero-order chi connectivity index (χ0) is 26.1. The number of nitrogen functional groups attached to an aromatic ring is 1. The Hall–Kier alpha value is -3.54. The Bertz CT molecular complexity index is 1350. The molecule has 17 heteroatoms. The molecule has 1 aliphatic heterocycles. The van der Waals surface area contributed by atoms with Gasteiger partial charge in [-0.15, -0.1) is 15.6 Å². The SMILES string of the molecule is Cc1cc(=O)c(O)cn1CCO/N=C(\C(=O)N[C@@H]1C(=O)N(OS(=O)(=O)O)C1(C)C)c1csc(N)n1. The van der Waals surface area contributed by atoms with Crippen molar-refractivity contribution in [2.75, 3.05) is 12.3 Å². The number of amides is 2. The minimum Gasteiger partial charge on any atom is -0.503 e. The molecule has 5 N–H and O–H groups in total. The number of hydrogen-bond donors (Lipinski definition) is 4. The van der Waals surface area contributed by atoms with Gasteiger partial charge in [-0.25, -0.2) is 4.98 Å². The molecule has 1 aliphatic rings. The summed E-state index contributed by atoms with van der Waals surface area (Å²) in [5, 5.41) is 17.8. The van der Waals surface area contributed by atoms with Crippen LogP contribution in [0.1, 0.15) is 25.2 Å². The van der Waals surface area contributed by atoms with Crippen molar-refractivity contribution in [3.8, 4) is 5.75 Å². The van der Waals surface area contributed by atoms with Crippen LogP contribution >= 0.6 is 11.3 Å². The van der Waals surface area contributed by atoms with Crippen LogP contribution in [0.15, 0.2) is 27.6 Å². The number of hydrogen-bond acceptors (Lipinski definition) is 12. The molecular formula is C18H22N6O9S2. The van der Waals surface area contributed by atoms with Crippen molar-refractivity contribution in [2.45, 2.75) is 38.9 Å². The van der Waals surface area contributed by atoms with Crippen LogP contribution in [0.4, 0.5) is 5.13 Å². The predicted molar refractivity (Wildman–Crippen MR) is 122 cm³/mol. The van der Waals surface area contributed by atoms with E-state index in [4.69, 9.17) is 15.1 Å². The van der Waals surface area contributed by atoms with Crippen LogP contribution in [0.3, 0.4) is 0 Å². The van der Waals surface area contributed by atoms with Crippen molar-refractivity contribution < 1.29 is 36.8 Å². The number of pyridine rings is 1. The number of aromatic hydroxyl groups is 1. The Kier molecular flexibility index (Phi) is 7.16. The van der Waals surface area contributed by atoms with Gasteiger partial charge in [0.15, 0.2) is 16.6 Å². The van der Waals surface area contributed by atoms with E-state index in [-0.39, 0.29) is 29.7 Å². The number of nitrogens with zero attached hydrogens (tertiary/aromatic N) is 4. The lowest BCUT2D eigenvalue weighted by molar-refractivity contribution is -0.218. The second-order valence-electron chi connectivity index (χ2n) is 7.90. The number of anilines is 1. The van der Waals surface area contributed by atoms with Gasteiger partial charge in [0.05, 0.1) is 18.3 Å². The smallest absolute Gasteiger partial charge is 0.418 e. The zero-order valence-electron chi connectivity index (χ0n) is 18.7. The molecule has 3 rings (SSSR count). The van der Waals surface area contributed by atoms with Gasteiger partial charge >= 0.3 is 10.4 Å². The minimum absolute atomic E-state index is 0.0661. The molecule has 0 radical (unpaired) electrons. The lowest BCUT2D eigenvalue weighted by Crippen LogP contribution is -2.76. The van der Waals surface area contributed by atoms with Gasteiger partial charge in [0, 0.05) is 17.1 Å². The summed E-state index contributed by atoms with van der Waals surface area (Å²) in [6, 6.07) is 0.0341. The predicted octanol–water partition coefficient (Wildman–Crippen LogP) is -0.838. The van der Waals surface area contributed by atoms with Crippen molar-refractivity contribution in [3.63, 3.8) is 0 Å². The number of aryl methyl sites for hydroxylation is 1. The number of carbonyl (C=O) groups is 2. The number of hydroxylamine groups is 2. The number of aromatic nitrogens is 2. The maximum Gasteiger partial charge on any atom is 0.418 e. The van der Waals surface area contributed by atoms with E-state index >= 15 is 0 Å². The van der Waals surface area contributed by atoms with E-state index in [9.17, 15) is 27.9 Å². The molecule has 3 heterocycles. The highest BCUT2D eigenvalue weighted by atomic mass is 32.3. The van der Waals surface area contributed by atoms with Gasteiger partial charge in [-0.05, 0) is 20.8 Å². The summed E-state index contributed by atoms with van der Waals surface area (Å²) in [6.45, 7) is 4.58. The average molecular weight is 531 g/mol. The molecule has 0 spiro atoms. The van der Waals surface area contributed by atoms with Gasteiger partial charge in [-0.3, -0.25) is 18.9 Å². The Balaban J connectivity index is 1.74. The lowest BCUT2D eigenvalue weighted by atomic mass is 9.84. The van der Waals surface area contributed by atoms with Gasteiger partial charge < -0.3 is 25.6 Å². The van der Waals surface area contributed by atoms with Gasteiger partial charge in [0.25, 0.3) is 11.8 Å². The van der Waals surface area contributed by atoms with Crippen LogP contribution in [-0.4, -0.2) is 68.4 Å². The Morgan fingerprint density at radius 1 is 1.40 bits per heavy atom. The van der Waals surface area contributed by atoms with Crippen molar-refractivity contribution >= 4 is 44.4 Å². The van der Waals surface area contributed by atoms with Crippen molar-refractivity contribution in [3.05, 3.63) is 39.3 Å². The third-order valence-corrected chi connectivity index (χ3v) is 6.02. The quantitative estimate of drug-likeness (QED) is 0.103. The first-order chi connectivity index (χ1) is 16.2. The first-order valence-corrected chi connectivity index (χ1v) is 12.1. The molecule has 1 atom stereocenters. The molecule has 0 saturated carbocycles. The molecule has 1 fully saturated rings. The number of rotatable bonds is 9. The summed E-state index contributed by atoms with van der Waals surface area (Å²) in [7, 11) is -4.95. The van der Waals surface area contributed by atoms with Gasteiger partial charge in [-0.1, -0.05) is 5.16 Å². The molecule has 0 unspecified atom stereocenters. The standard InChI is InChI=1S/C18H22N6O9S2/c1-9-6-11(25)12(26)7-23(9)4-5-32-22-13(10-8-34-17(19)20-10)15(27)21-14-16(28)24(18(14,2)3)33-35(29,30)31/h6-8,14,26H,4-5H2,1-3H3,(H2,19,20)(H,21,27)(H,29,30,31)/b22-13-/t14-/m1/s1. The van der Waals surface area contributed by atoms with Gasteiger partial charge in [-0.2, -0.15) is 13.5 Å². The molecule has 0 bridgehead atoms. The van der Waals surface area contributed by atoms with Crippen LogP contribution < -0.4 is 16.5 Å². The maximum absolute atomic E-state index is 12.9. The summed E-state index contributed by atoms with van der Waals surface area (Å²) in [5.74, 6) is -2.23. The lowest BCUT2D eigenvalue weighted by Gasteiger charge is -2.50. The second kappa shape index (κ2) is 9.61. The molecular weight excluding hydrogens is 508 g/mol. The summed E-state index contributed by atoms with van der Waals surface area (Å²) in [6.07, 6.45) is 1.24. The Labute approximate surface area is 202 Å². The van der Waals surface area contributed by atoms with E-state index in [1.807, 2.05) is 0 Å². The van der Waals surface area contributed by atoms with Crippen LogP contribution in [0, 0.1) is 6.92 Å².